The Kier molecular flexibility index (Phi) is 6.89. The average molecular weight is 524 g/mol. The van der Waals surface area contributed by atoms with E-state index in [1.807, 2.05) is 25.1 Å². The van der Waals surface area contributed by atoms with E-state index in [1.165, 1.54) is 12.1 Å². The quantitative estimate of drug-likeness (QED) is 0.371. The van der Waals surface area contributed by atoms with Crippen molar-refractivity contribution in [3.8, 4) is 22.8 Å². The second-order valence-corrected chi connectivity index (χ2v) is 11.0. The summed E-state index contributed by atoms with van der Waals surface area (Å²) in [6, 6.07) is 16.7. The maximum atomic E-state index is 13.2. The van der Waals surface area contributed by atoms with Gasteiger partial charge in [-0.2, -0.15) is 0 Å². The fraction of sp³-hybridized carbons (Fsp3) is 0.333. The summed E-state index contributed by atoms with van der Waals surface area (Å²) in [6.45, 7) is 1.85. The van der Waals surface area contributed by atoms with Crippen LogP contribution in [0.1, 0.15) is 38.2 Å². The smallest absolute Gasteiger partial charge is 0.240 e. The van der Waals surface area contributed by atoms with Crippen LogP contribution in [-0.4, -0.2) is 43.9 Å². The molecule has 1 aliphatic carbocycles. The third kappa shape index (κ3) is 5.18. The van der Waals surface area contributed by atoms with Crippen molar-refractivity contribution in [1.29, 1.82) is 0 Å². The third-order valence-corrected chi connectivity index (χ3v) is 8.28. The topological polar surface area (TPSA) is 127 Å². The Labute approximate surface area is 215 Å². The first-order chi connectivity index (χ1) is 17.8. The summed E-state index contributed by atoms with van der Waals surface area (Å²) in [4.78, 5) is 17.9. The maximum Gasteiger partial charge on any atom is 0.240 e. The lowest BCUT2D eigenvalue weighted by molar-refractivity contribution is -0.118. The number of nitrogens with zero attached hydrogens (tertiary/aromatic N) is 1. The highest BCUT2D eigenvalue weighted by molar-refractivity contribution is 7.89. The van der Waals surface area contributed by atoms with Crippen LogP contribution in [0, 0.1) is 0 Å². The van der Waals surface area contributed by atoms with E-state index >= 15 is 0 Å². The SMILES string of the molecule is CCCC(CO)NS(=O)(=O)c1ccc(-c2cccc(NC(=O)C3(c4ccc5c(c4)OCO5)CC3)n2)cc1. The van der Waals surface area contributed by atoms with Crippen molar-refractivity contribution in [1.82, 2.24) is 9.71 Å². The van der Waals surface area contributed by atoms with Gasteiger partial charge in [-0.25, -0.2) is 18.1 Å². The van der Waals surface area contributed by atoms with Gasteiger partial charge in [0.15, 0.2) is 11.5 Å². The number of amides is 1. The predicted octanol–water partition coefficient (Wildman–Crippen LogP) is 3.59. The standard InChI is InChI=1S/C27H29N3O6S/c1-2-4-20(16-31)30-37(33,34)21-10-7-18(8-11-21)22-5-3-6-25(28-22)29-26(32)27(13-14-27)19-9-12-23-24(15-19)36-17-35-23/h3,5-12,15,20,30-31H,2,4,13-14,16-17H2,1H3,(H,28,29,32). The molecular weight excluding hydrogens is 494 g/mol. The number of benzene rings is 2. The van der Waals surface area contributed by atoms with E-state index in [4.69, 9.17) is 9.47 Å². The molecule has 3 N–H and O–H groups in total. The van der Waals surface area contributed by atoms with Crippen molar-refractivity contribution in [3.63, 3.8) is 0 Å². The lowest BCUT2D eigenvalue weighted by atomic mass is 9.94. The number of aromatic nitrogens is 1. The number of anilines is 1. The zero-order chi connectivity index (χ0) is 26.0. The van der Waals surface area contributed by atoms with Crippen LogP contribution in [0.15, 0.2) is 65.6 Å². The maximum absolute atomic E-state index is 13.2. The van der Waals surface area contributed by atoms with Gasteiger partial charge in [-0.15, -0.1) is 0 Å². The van der Waals surface area contributed by atoms with E-state index in [9.17, 15) is 18.3 Å². The zero-order valence-corrected chi connectivity index (χ0v) is 21.3. The Bertz CT molecular complexity index is 1400. The van der Waals surface area contributed by atoms with Crippen LogP contribution in [0.2, 0.25) is 0 Å². The molecule has 3 aromatic rings. The molecule has 1 saturated carbocycles. The Morgan fingerprint density at radius 3 is 2.54 bits per heavy atom. The number of nitrogens with one attached hydrogen (secondary N) is 2. The number of carbonyl (C=O) groups is 1. The van der Waals surface area contributed by atoms with E-state index in [0.29, 0.717) is 35.0 Å². The minimum atomic E-state index is -3.76. The van der Waals surface area contributed by atoms with Crippen LogP contribution in [0.5, 0.6) is 11.5 Å². The number of aliphatic hydroxyl groups excluding tert-OH is 1. The molecular formula is C27H29N3O6S. The van der Waals surface area contributed by atoms with Gasteiger partial charge in [0.25, 0.3) is 0 Å². The fourth-order valence-corrected chi connectivity index (χ4v) is 5.76. The Balaban J connectivity index is 1.30. The van der Waals surface area contributed by atoms with Crippen LogP contribution in [0.25, 0.3) is 11.3 Å². The minimum Gasteiger partial charge on any atom is -0.454 e. The molecule has 0 saturated heterocycles. The van der Waals surface area contributed by atoms with Gasteiger partial charge in [0, 0.05) is 11.6 Å². The molecule has 5 rings (SSSR count). The second-order valence-electron chi connectivity index (χ2n) is 9.33. The summed E-state index contributed by atoms with van der Waals surface area (Å²) >= 11 is 0. The average Bonchev–Trinajstić information content (AvgIpc) is 3.59. The number of sulfonamides is 1. The van der Waals surface area contributed by atoms with Crippen LogP contribution in [-0.2, 0) is 20.2 Å². The monoisotopic (exact) mass is 523 g/mol. The fourth-order valence-electron chi connectivity index (χ4n) is 4.50. The lowest BCUT2D eigenvalue weighted by Crippen LogP contribution is -2.37. The number of hydrogen-bond acceptors (Lipinski definition) is 7. The van der Waals surface area contributed by atoms with Gasteiger partial charge in [-0.05, 0) is 61.2 Å². The molecule has 2 heterocycles. The number of hydrogen-bond donors (Lipinski definition) is 3. The number of carbonyl (C=O) groups excluding carboxylic acids is 1. The van der Waals surface area contributed by atoms with Crippen LogP contribution < -0.4 is 19.5 Å². The molecule has 0 radical (unpaired) electrons. The van der Waals surface area contributed by atoms with E-state index in [2.05, 4.69) is 15.0 Å². The van der Waals surface area contributed by atoms with Gasteiger partial charge in [-0.3, -0.25) is 4.79 Å². The van der Waals surface area contributed by atoms with E-state index in [0.717, 1.165) is 24.8 Å². The van der Waals surface area contributed by atoms with Crippen molar-refractivity contribution in [3.05, 3.63) is 66.2 Å². The van der Waals surface area contributed by atoms with Gasteiger partial charge >= 0.3 is 0 Å². The first-order valence-electron chi connectivity index (χ1n) is 12.3. The number of ether oxygens (including phenoxy) is 2. The molecule has 1 fully saturated rings. The number of pyridine rings is 1. The van der Waals surface area contributed by atoms with Crippen LogP contribution in [0.4, 0.5) is 5.82 Å². The molecule has 2 aromatic carbocycles. The summed E-state index contributed by atoms with van der Waals surface area (Å²) in [5, 5.41) is 12.4. The van der Waals surface area contributed by atoms with E-state index in [1.54, 1.807) is 30.3 Å². The molecule has 1 aliphatic heterocycles. The van der Waals surface area contributed by atoms with Crippen molar-refractivity contribution < 1.29 is 27.8 Å². The van der Waals surface area contributed by atoms with Crippen molar-refractivity contribution in [2.24, 2.45) is 0 Å². The molecule has 1 atom stereocenters. The highest BCUT2D eigenvalue weighted by atomic mass is 32.2. The van der Waals surface area contributed by atoms with Gasteiger partial charge in [0.05, 0.1) is 22.6 Å². The molecule has 10 heteroatoms. The largest absolute Gasteiger partial charge is 0.454 e. The summed E-state index contributed by atoms with van der Waals surface area (Å²) in [6.07, 6.45) is 2.77. The third-order valence-electron chi connectivity index (χ3n) is 6.74. The first-order valence-corrected chi connectivity index (χ1v) is 13.8. The van der Waals surface area contributed by atoms with Gasteiger partial charge < -0.3 is 19.9 Å². The Morgan fingerprint density at radius 2 is 1.84 bits per heavy atom. The van der Waals surface area contributed by atoms with Crippen LogP contribution in [0.3, 0.4) is 0 Å². The minimum absolute atomic E-state index is 0.106. The van der Waals surface area contributed by atoms with E-state index < -0.39 is 21.5 Å². The Morgan fingerprint density at radius 1 is 1.08 bits per heavy atom. The number of aliphatic hydroxyl groups is 1. The number of fused-ring (bicyclic) bond motifs is 1. The summed E-state index contributed by atoms with van der Waals surface area (Å²) < 4.78 is 38.7. The molecule has 0 spiro atoms. The molecule has 1 amide bonds. The summed E-state index contributed by atoms with van der Waals surface area (Å²) in [5.41, 5.74) is 1.57. The van der Waals surface area contributed by atoms with Crippen LogP contribution >= 0.6 is 0 Å². The van der Waals surface area contributed by atoms with Crippen molar-refractivity contribution in [2.45, 2.75) is 49.0 Å². The molecule has 2 aliphatic rings. The van der Waals surface area contributed by atoms with Crippen molar-refractivity contribution >= 4 is 21.7 Å². The molecule has 194 valence electrons. The molecule has 37 heavy (non-hydrogen) atoms. The van der Waals surface area contributed by atoms with Gasteiger partial charge in [0.1, 0.15) is 5.82 Å². The normalized spacial score (nSPS) is 16.3. The highest BCUT2D eigenvalue weighted by Gasteiger charge is 2.51. The van der Waals surface area contributed by atoms with Crippen molar-refractivity contribution in [2.75, 3.05) is 18.7 Å². The number of rotatable bonds is 10. The molecule has 1 unspecified atom stereocenters. The van der Waals surface area contributed by atoms with Gasteiger partial charge in [0.2, 0.25) is 22.7 Å². The predicted molar refractivity (Wildman–Crippen MR) is 138 cm³/mol. The van der Waals surface area contributed by atoms with E-state index in [-0.39, 0.29) is 24.2 Å². The summed E-state index contributed by atoms with van der Waals surface area (Å²) in [7, 11) is -3.76. The Hall–Kier alpha value is -3.47. The summed E-state index contributed by atoms with van der Waals surface area (Å²) in [5.74, 6) is 1.61. The molecule has 0 bridgehead atoms. The lowest BCUT2D eigenvalue weighted by Gasteiger charge is -2.16. The second kappa shape index (κ2) is 10.1. The molecule has 9 nitrogen and oxygen atoms in total. The molecule has 1 aromatic heterocycles. The zero-order valence-electron chi connectivity index (χ0n) is 20.4. The van der Waals surface area contributed by atoms with Gasteiger partial charge in [-0.1, -0.05) is 37.6 Å². The highest BCUT2D eigenvalue weighted by Crippen LogP contribution is 2.51. The first kappa shape index (κ1) is 25.2.